The van der Waals surface area contributed by atoms with Gasteiger partial charge in [-0.2, -0.15) is 0 Å². The lowest BCUT2D eigenvalue weighted by atomic mass is 10.0. The van der Waals surface area contributed by atoms with Gasteiger partial charge in [0.05, 0.1) is 19.1 Å². The molecule has 7 nitrogen and oxygen atoms in total. The molecule has 1 aromatic heterocycles. The van der Waals surface area contributed by atoms with Crippen molar-refractivity contribution >= 4 is 34.4 Å². The van der Waals surface area contributed by atoms with Crippen LogP contribution >= 0.6 is 11.6 Å². The predicted octanol–water partition coefficient (Wildman–Crippen LogP) is 2.17. The minimum Gasteiger partial charge on any atom is -0.548 e. The molecule has 0 radical (unpaired) electrons. The molecule has 1 N–H and O–H groups in total. The molecule has 0 fully saturated rings. The Balaban J connectivity index is 1.70. The first-order valence-corrected chi connectivity index (χ1v) is 10.0. The number of carboxylic acids is 1. The van der Waals surface area contributed by atoms with Crippen molar-refractivity contribution in [1.82, 2.24) is 5.32 Å². The minimum atomic E-state index is -1.39. The molecule has 0 aliphatic rings. The molecule has 3 aromatic rings. The Morgan fingerprint density at radius 1 is 1.19 bits per heavy atom. The predicted molar refractivity (Wildman–Crippen MR) is 114 cm³/mol. The molecule has 3 rings (SSSR count). The van der Waals surface area contributed by atoms with Gasteiger partial charge in [-0.3, -0.25) is 4.79 Å². The van der Waals surface area contributed by atoms with Crippen molar-refractivity contribution in [1.29, 1.82) is 0 Å². The van der Waals surface area contributed by atoms with E-state index in [1.807, 2.05) is 0 Å². The summed E-state index contributed by atoms with van der Waals surface area (Å²) in [5.41, 5.74) is 1.63. The normalized spacial score (nSPS) is 11.8. The Morgan fingerprint density at radius 3 is 2.55 bits per heavy atom. The smallest absolute Gasteiger partial charge is 0.339 e. The standard InChI is InChI=1S/C23H22ClNO6/c1-13-17-8-7-16(30-2)12-20(17)31-23(29)18(13)9-10-21(26)25-19(22(27)28)11-14-3-5-15(24)6-4-14/h3-8,12,19H,9-11H2,1-2H3,(H,25,26)(H,27,28)/p-1/t19-/m0/s1. The van der Waals surface area contributed by atoms with E-state index in [1.165, 1.54) is 7.11 Å². The molecule has 162 valence electrons. The SMILES string of the molecule is COc1ccc2c(C)c(CCC(=O)N[C@@H](Cc3ccc(Cl)cc3)C(=O)[O-])c(=O)oc2c1. The van der Waals surface area contributed by atoms with Gasteiger partial charge in [0.25, 0.3) is 0 Å². The number of carboxylic acid groups (broad SMARTS) is 1. The second-order valence-corrected chi connectivity index (χ2v) is 7.56. The fraction of sp³-hybridized carbons (Fsp3) is 0.261. The topological polar surface area (TPSA) is 109 Å². The second-order valence-electron chi connectivity index (χ2n) is 7.12. The summed E-state index contributed by atoms with van der Waals surface area (Å²) in [6, 6.07) is 10.6. The third kappa shape index (κ3) is 5.44. The second kappa shape index (κ2) is 9.66. The highest BCUT2D eigenvalue weighted by molar-refractivity contribution is 6.30. The number of carbonyl (C=O) groups is 2. The van der Waals surface area contributed by atoms with Crippen molar-refractivity contribution in [3.05, 3.63) is 74.6 Å². The number of methoxy groups -OCH3 is 1. The summed E-state index contributed by atoms with van der Waals surface area (Å²) < 4.78 is 10.5. The van der Waals surface area contributed by atoms with E-state index in [1.54, 1.807) is 49.4 Å². The molecule has 1 amide bonds. The number of hydrogen-bond acceptors (Lipinski definition) is 6. The summed E-state index contributed by atoms with van der Waals surface area (Å²) in [5, 5.41) is 15.2. The maximum absolute atomic E-state index is 12.4. The molecule has 0 unspecified atom stereocenters. The first-order valence-electron chi connectivity index (χ1n) is 9.63. The van der Waals surface area contributed by atoms with E-state index in [0.717, 1.165) is 5.39 Å². The summed E-state index contributed by atoms with van der Waals surface area (Å²) in [7, 11) is 1.52. The summed E-state index contributed by atoms with van der Waals surface area (Å²) in [5.74, 6) is -1.33. The summed E-state index contributed by atoms with van der Waals surface area (Å²) in [4.78, 5) is 36.2. The molecule has 0 saturated heterocycles. The first-order chi connectivity index (χ1) is 14.8. The van der Waals surface area contributed by atoms with E-state index < -0.39 is 23.5 Å². The van der Waals surface area contributed by atoms with Crippen molar-refractivity contribution in [3.8, 4) is 5.75 Å². The van der Waals surface area contributed by atoms with Gasteiger partial charge in [-0.05, 0) is 55.2 Å². The molecular formula is C23H21ClNO6-. The Bertz CT molecular complexity index is 1170. The first kappa shape index (κ1) is 22.4. The lowest BCUT2D eigenvalue weighted by Crippen LogP contribution is -2.49. The van der Waals surface area contributed by atoms with Gasteiger partial charge >= 0.3 is 5.63 Å². The molecule has 8 heteroatoms. The Hall–Kier alpha value is -3.32. The van der Waals surface area contributed by atoms with Crippen molar-refractivity contribution in [2.24, 2.45) is 0 Å². The van der Waals surface area contributed by atoms with Crippen LogP contribution in [-0.4, -0.2) is 25.0 Å². The number of carbonyl (C=O) groups excluding carboxylic acids is 2. The van der Waals surface area contributed by atoms with E-state index in [0.29, 0.717) is 33.0 Å². The Labute approximate surface area is 183 Å². The van der Waals surface area contributed by atoms with Crippen LogP contribution in [-0.2, 0) is 22.4 Å². The zero-order chi connectivity index (χ0) is 22.5. The zero-order valence-corrected chi connectivity index (χ0v) is 17.8. The molecule has 31 heavy (non-hydrogen) atoms. The van der Waals surface area contributed by atoms with Crippen LogP contribution in [0.1, 0.15) is 23.1 Å². The number of hydrogen-bond donors (Lipinski definition) is 1. The number of fused-ring (bicyclic) bond motifs is 1. The maximum atomic E-state index is 12.4. The summed E-state index contributed by atoms with van der Waals surface area (Å²) in [6.07, 6.45) is 0.102. The average Bonchev–Trinajstić information content (AvgIpc) is 2.74. The number of halogens is 1. The third-order valence-electron chi connectivity index (χ3n) is 5.07. The van der Waals surface area contributed by atoms with Crippen molar-refractivity contribution < 1.29 is 23.8 Å². The van der Waals surface area contributed by atoms with Crippen molar-refractivity contribution in [2.75, 3.05) is 7.11 Å². The third-order valence-corrected chi connectivity index (χ3v) is 5.32. The molecule has 1 heterocycles. The van der Waals surface area contributed by atoms with Crippen LogP contribution < -0.4 is 20.8 Å². The van der Waals surface area contributed by atoms with E-state index >= 15 is 0 Å². The summed E-state index contributed by atoms with van der Waals surface area (Å²) >= 11 is 5.83. The molecule has 1 atom stereocenters. The van der Waals surface area contributed by atoms with E-state index in [-0.39, 0.29) is 19.3 Å². The lowest BCUT2D eigenvalue weighted by Gasteiger charge is -2.20. The van der Waals surface area contributed by atoms with Gasteiger partial charge in [-0.1, -0.05) is 23.7 Å². The molecule has 0 spiro atoms. The fourth-order valence-electron chi connectivity index (χ4n) is 3.35. The van der Waals surface area contributed by atoms with Gasteiger partial charge < -0.3 is 24.4 Å². The number of aliphatic carboxylic acids is 1. The molecule has 0 bridgehead atoms. The molecule has 2 aromatic carbocycles. The highest BCUT2D eigenvalue weighted by Crippen LogP contribution is 2.24. The summed E-state index contributed by atoms with van der Waals surface area (Å²) in [6.45, 7) is 1.78. The fourth-order valence-corrected chi connectivity index (χ4v) is 3.47. The van der Waals surface area contributed by atoms with Gasteiger partial charge in [0, 0.05) is 28.5 Å². The Kier molecular flexibility index (Phi) is 6.97. The number of aryl methyl sites for hydroxylation is 1. The van der Waals surface area contributed by atoms with Crippen LogP contribution in [0.5, 0.6) is 5.75 Å². The molecule has 0 aliphatic heterocycles. The number of benzene rings is 2. The minimum absolute atomic E-state index is 0.0597. The zero-order valence-electron chi connectivity index (χ0n) is 17.1. The van der Waals surface area contributed by atoms with Gasteiger partial charge in [0.15, 0.2) is 0 Å². The van der Waals surface area contributed by atoms with Gasteiger partial charge in [0.1, 0.15) is 11.3 Å². The number of amides is 1. The monoisotopic (exact) mass is 442 g/mol. The highest BCUT2D eigenvalue weighted by Gasteiger charge is 2.17. The van der Waals surface area contributed by atoms with Crippen LogP contribution in [0.3, 0.4) is 0 Å². The van der Waals surface area contributed by atoms with Gasteiger partial charge in [-0.25, -0.2) is 4.79 Å². The quantitative estimate of drug-likeness (QED) is 0.535. The van der Waals surface area contributed by atoms with Crippen LogP contribution in [0.2, 0.25) is 5.02 Å². The van der Waals surface area contributed by atoms with Crippen LogP contribution in [0, 0.1) is 6.92 Å². The van der Waals surface area contributed by atoms with E-state index in [2.05, 4.69) is 5.32 Å². The van der Waals surface area contributed by atoms with E-state index in [4.69, 9.17) is 20.8 Å². The van der Waals surface area contributed by atoms with Gasteiger partial charge in [-0.15, -0.1) is 0 Å². The number of nitrogens with one attached hydrogen (secondary N) is 1. The van der Waals surface area contributed by atoms with Crippen LogP contribution in [0.25, 0.3) is 11.0 Å². The van der Waals surface area contributed by atoms with E-state index in [9.17, 15) is 19.5 Å². The van der Waals surface area contributed by atoms with Crippen molar-refractivity contribution in [3.63, 3.8) is 0 Å². The largest absolute Gasteiger partial charge is 0.548 e. The van der Waals surface area contributed by atoms with Crippen LogP contribution in [0.4, 0.5) is 0 Å². The number of rotatable bonds is 8. The van der Waals surface area contributed by atoms with Crippen molar-refractivity contribution in [2.45, 2.75) is 32.2 Å². The van der Waals surface area contributed by atoms with Gasteiger partial charge in [0.2, 0.25) is 5.91 Å². The molecule has 0 aliphatic carbocycles. The maximum Gasteiger partial charge on any atom is 0.339 e. The molecule has 0 saturated carbocycles. The average molecular weight is 443 g/mol. The van der Waals surface area contributed by atoms with Crippen LogP contribution in [0.15, 0.2) is 51.7 Å². The molecular weight excluding hydrogens is 422 g/mol. The Morgan fingerprint density at radius 2 is 1.90 bits per heavy atom. The lowest BCUT2D eigenvalue weighted by molar-refractivity contribution is -0.308. The number of ether oxygens (including phenoxy) is 1. The highest BCUT2D eigenvalue weighted by atomic mass is 35.5.